The van der Waals surface area contributed by atoms with Crippen LogP contribution < -0.4 is 15.4 Å². The summed E-state index contributed by atoms with van der Waals surface area (Å²) in [6, 6.07) is 6.07. The van der Waals surface area contributed by atoms with E-state index in [1.807, 2.05) is 0 Å². The first-order chi connectivity index (χ1) is 11.9. The molecule has 0 atom stereocenters. The van der Waals surface area contributed by atoms with Crippen molar-refractivity contribution in [3.8, 4) is 0 Å². The molecule has 0 saturated carbocycles. The largest absolute Gasteiger partial charge is 0.383 e. The summed E-state index contributed by atoms with van der Waals surface area (Å²) in [5.41, 5.74) is 0.416. The Morgan fingerprint density at radius 3 is 2.72 bits per heavy atom. The minimum atomic E-state index is -3.65. The Balaban J connectivity index is 2.01. The maximum atomic E-state index is 12.4. The fourth-order valence-corrected chi connectivity index (χ4v) is 3.83. The van der Waals surface area contributed by atoms with E-state index >= 15 is 0 Å². The van der Waals surface area contributed by atoms with Crippen LogP contribution in [0.15, 0.2) is 29.2 Å². The molecule has 8 heteroatoms. The lowest BCUT2D eigenvalue weighted by molar-refractivity contribution is 0.0922. The number of carbonyl (C=O) groups is 1. The molecule has 1 heterocycles. The van der Waals surface area contributed by atoms with Crippen LogP contribution in [0, 0.1) is 5.41 Å². The Bertz CT molecular complexity index is 685. The van der Waals surface area contributed by atoms with Gasteiger partial charge in [0.25, 0.3) is 5.91 Å². The van der Waals surface area contributed by atoms with Gasteiger partial charge in [-0.05, 0) is 49.5 Å². The maximum Gasteiger partial charge on any atom is 0.251 e. The number of rotatable bonds is 8. The summed E-state index contributed by atoms with van der Waals surface area (Å²) in [6.07, 6.45) is 2.01. The van der Waals surface area contributed by atoms with Gasteiger partial charge in [0.2, 0.25) is 10.0 Å². The quantitative estimate of drug-likeness (QED) is 0.587. The summed E-state index contributed by atoms with van der Waals surface area (Å²) in [6.45, 7) is 5.11. The van der Waals surface area contributed by atoms with Crippen molar-refractivity contribution < 1.29 is 17.9 Å². The van der Waals surface area contributed by atoms with Gasteiger partial charge in [0.1, 0.15) is 0 Å². The van der Waals surface area contributed by atoms with Crippen LogP contribution in [0.1, 0.15) is 30.1 Å². The van der Waals surface area contributed by atoms with Gasteiger partial charge in [-0.2, -0.15) is 0 Å². The number of hydrogen-bond donors (Lipinski definition) is 3. The molecular formula is C17H27N3O4S. The Morgan fingerprint density at radius 2 is 2.04 bits per heavy atom. The lowest BCUT2D eigenvalue weighted by Gasteiger charge is -2.34. The van der Waals surface area contributed by atoms with Crippen molar-refractivity contribution in [2.75, 3.05) is 39.9 Å². The summed E-state index contributed by atoms with van der Waals surface area (Å²) in [5, 5.41) is 6.25. The summed E-state index contributed by atoms with van der Waals surface area (Å²) < 4.78 is 31.7. The Labute approximate surface area is 149 Å². The molecule has 140 valence electrons. The van der Waals surface area contributed by atoms with Gasteiger partial charge in [-0.15, -0.1) is 0 Å². The first-order valence-corrected chi connectivity index (χ1v) is 9.92. The molecule has 0 bridgehead atoms. The molecule has 0 aromatic heterocycles. The SMILES string of the molecule is COCCNS(=O)(=O)c1cccc(C(=O)NCC2(C)CCNCC2)c1. The Morgan fingerprint density at radius 1 is 1.32 bits per heavy atom. The lowest BCUT2D eigenvalue weighted by atomic mass is 9.81. The summed E-state index contributed by atoms with van der Waals surface area (Å²) in [7, 11) is -2.15. The smallest absolute Gasteiger partial charge is 0.251 e. The summed E-state index contributed by atoms with van der Waals surface area (Å²) in [4.78, 5) is 12.5. The number of nitrogens with one attached hydrogen (secondary N) is 3. The third-order valence-electron chi connectivity index (χ3n) is 4.49. The Kier molecular flexibility index (Phi) is 6.95. The number of ether oxygens (including phenoxy) is 1. The number of amides is 1. The fourth-order valence-electron chi connectivity index (χ4n) is 2.77. The van der Waals surface area contributed by atoms with E-state index < -0.39 is 10.0 Å². The highest BCUT2D eigenvalue weighted by molar-refractivity contribution is 7.89. The molecule has 25 heavy (non-hydrogen) atoms. The molecule has 1 saturated heterocycles. The molecule has 1 aliphatic rings. The van der Waals surface area contributed by atoms with Gasteiger partial charge in [0.05, 0.1) is 11.5 Å². The molecule has 0 radical (unpaired) electrons. The van der Waals surface area contributed by atoms with Crippen LogP contribution in [0.25, 0.3) is 0 Å². The summed E-state index contributed by atoms with van der Waals surface area (Å²) in [5.74, 6) is -0.256. The third-order valence-corrected chi connectivity index (χ3v) is 5.95. The van der Waals surface area contributed by atoms with E-state index in [1.165, 1.54) is 19.2 Å². The van der Waals surface area contributed by atoms with Crippen molar-refractivity contribution in [3.05, 3.63) is 29.8 Å². The van der Waals surface area contributed by atoms with E-state index in [9.17, 15) is 13.2 Å². The van der Waals surface area contributed by atoms with Crippen LogP contribution >= 0.6 is 0 Å². The zero-order chi connectivity index (χ0) is 18.3. The number of methoxy groups -OCH3 is 1. The van der Waals surface area contributed by atoms with E-state index in [1.54, 1.807) is 12.1 Å². The molecule has 0 spiro atoms. The van der Waals surface area contributed by atoms with Gasteiger partial charge in [-0.1, -0.05) is 13.0 Å². The van der Waals surface area contributed by atoms with Crippen molar-refractivity contribution in [3.63, 3.8) is 0 Å². The number of piperidine rings is 1. The van der Waals surface area contributed by atoms with Gasteiger partial charge < -0.3 is 15.4 Å². The molecule has 0 unspecified atom stereocenters. The van der Waals surface area contributed by atoms with Crippen LogP contribution in [0.5, 0.6) is 0 Å². The molecule has 2 rings (SSSR count). The van der Waals surface area contributed by atoms with Crippen LogP contribution in [0.4, 0.5) is 0 Å². The first kappa shape index (κ1) is 19.8. The molecule has 1 amide bonds. The molecule has 1 fully saturated rings. The highest BCUT2D eigenvalue weighted by atomic mass is 32.2. The van der Waals surface area contributed by atoms with E-state index in [2.05, 4.69) is 22.3 Å². The highest BCUT2D eigenvalue weighted by Gasteiger charge is 2.27. The normalized spacial score (nSPS) is 17.2. The summed E-state index contributed by atoms with van der Waals surface area (Å²) >= 11 is 0. The number of hydrogen-bond acceptors (Lipinski definition) is 5. The number of sulfonamides is 1. The first-order valence-electron chi connectivity index (χ1n) is 8.44. The average Bonchev–Trinajstić information content (AvgIpc) is 2.61. The van der Waals surface area contributed by atoms with Crippen molar-refractivity contribution in [2.45, 2.75) is 24.7 Å². The van der Waals surface area contributed by atoms with Crippen LogP contribution in [-0.2, 0) is 14.8 Å². The van der Waals surface area contributed by atoms with Gasteiger partial charge >= 0.3 is 0 Å². The second-order valence-corrected chi connectivity index (χ2v) is 8.43. The van der Waals surface area contributed by atoms with E-state index in [4.69, 9.17) is 4.74 Å². The van der Waals surface area contributed by atoms with E-state index in [-0.39, 0.29) is 29.4 Å². The molecule has 3 N–H and O–H groups in total. The maximum absolute atomic E-state index is 12.4. The predicted octanol–water partition coefficient (Wildman–Crippen LogP) is 0.731. The van der Waals surface area contributed by atoms with Crippen LogP contribution in [0.2, 0.25) is 0 Å². The van der Waals surface area contributed by atoms with Crippen molar-refractivity contribution in [2.24, 2.45) is 5.41 Å². The Hall–Kier alpha value is -1.48. The van der Waals surface area contributed by atoms with Gasteiger partial charge in [0, 0.05) is 25.8 Å². The van der Waals surface area contributed by atoms with E-state index in [0.717, 1.165) is 25.9 Å². The molecule has 7 nitrogen and oxygen atoms in total. The minimum Gasteiger partial charge on any atom is -0.383 e. The highest BCUT2D eigenvalue weighted by Crippen LogP contribution is 2.26. The monoisotopic (exact) mass is 369 g/mol. The van der Waals surface area contributed by atoms with Gasteiger partial charge in [-0.3, -0.25) is 4.79 Å². The number of benzene rings is 1. The van der Waals surface area contributed by atoms with E-state index in [0.29, 0.717) is 12.1 Å². The fraction of sp³-hybridized carbons (Fsp3) is 0.588. The van der Waals surface area contributed by atoms with Crippen molar-refractivity contribution >= 4 is 15.9 Å². The second kappa shape index (κ2) is 8.75. The van der Waals surface area contributed by atoms with Gasteiger partial charge in [0.15, 0.2) is 0 Å². The molecule has 1 aromatic rings. The number of carbonyl (C=O) groups excluding carboxylic acids is 1. The molecule has 1 aromatic carbocycles. The minimum absolute atomic E-state index is 0.0735. The van der Waals surface area contributed by atoms with Crippen LogP contribution in [0.3, 0.4) is 0 Å². The van der Waals surface area contributed by atoms with Gasteiger partial charge in [-0.25, -0.2) is 13.1 Å². The van der Waals surface area contributed by atoms with Crippen LogP contribution in [-0.4, -0.2) is 54.2 Å². The molecular weight excluding hydrogens is 342 g/mol. The predicted molar refractivity (Wildman–Crippen MR) is 96.1 cm³/mol. The zero-order valence-corrected chi connectivity index (χ0v) is 15.6. The molecule has 1 aliphatic heterocycles. The molecule has 0 aliphatic carbocycles. The average molecular weight is 369 g/mol. The third kappa shape index (κ3) is 5.78. The second-order valence-electron chi connectivity index (χ2n) is 6.66. The topological polar surface area (TPSA) is 96.5 Å². The standard InChI is InChI=1S/C17H27N3O4S/c1-17(6-8-18-9-7-17)13-19-16(21)14-4-3-5-15(12-14)25(22,23)20-10-11-24-2/h3-5,12,18,20H,6-11,13H2,1-2H3,(H,19,21). The van der Waals surface area contributed by atoms with Crippen molar-refractivity contribution in [1.29, 1.82) is 0 Å². The van der Waals surface area contributed by atoms with Crippen molar-refractivity contribution in [1.82, 2.24) is 15.4 Å². The lowest BCUT2D eigenvalue weighted by Crippen LogP contribution is -2.42. The zero-order valence-electron chi connectivity index (χ0n) is 14.8.